The highest BCUT2D eigenvalue weighted by molar-refractivity contribution is 6.91. The third-order valence-electron chi connectivity index (χ3n) is 8.74. The predicted molar refractivity (Wildman–Crippen MR) is 153 cm³/mol. The van der Waals surface area contributed by atoms with Crippen LogP contribution in [0.4, 0.5) is 0 Å². The average Bonchev–Trinajstić information content (AvgIpc) is 2.88. The molecule has 4 atom stereocenters. The molecule has 3 aromatic rings. The van der Waals surface area contributed by atoms with Crippen molar-refractivity contribution in [3.63, 3.8) is 0 Å². The zero-order chi connectivity index (χ0) is 25.8. The van der Waals surface area contributed by atoms with Crippen molar-refractivity contribution in [3.05, 3.63) is 102 Å². The number of carbonyl (C=O) groups excluding carboxylic acids is 1. The normalized spacial score (nSPS) is 21.5. The van der Waals surface area contributed by atoms with E-state index in [2.05, 4.69) is 125 Å². The topological polar surface area (TPSA) is 26.3 Å². The van der Waals surface area contributed by atoms with Gasteiger partial charge in [0.2, 0.25) is 0 Å². The lowest BCUT2D eigenvalue weighted by molar-refractivity contribution is -0.156. The fraction of sp³-hybridized carbons (Fsp3) is 0.424. The monoisotopic (exact) mass is 498 g/mol. The Kier molecular flexibility index (Phi) is 8.19. The van der Waals surface area contributed by atoms with E-state index in [0.29, 0.717) is 18.3 Å². The Hall–Kier alpha value is -2.65. The van der Waals surface area contributed by atoms with Crippen LogP contribution in [0.25, 0.3) is 0 Å². The highest BCUT2D eigenvalue weighted by atomic mass is 28.3. The molecule has 3 heteroatoms. The van der Waals surface area contributed by atoms with Crippen molar-refractivity contribution >= 4 is 19.2 Å². The maximum Gasteiger partial charge on any atom is 0.306 e. The van der Waals surface area contributed by atoms with E-state index in [0.717, 1.165) is 12.8 Å². The molecule has 190 valence electrons. The molecule has 4 rings (SSSR count). The maximum atomic E-state index is 13.7. The van der Waals surface area contributed by atoms with Gasteiger partial charge in [0.05, 0.1) is 14.5 Å². The van der Waals surface area contributed by atoms with Gasteiger partial charge in [-0.2, -0.15) is 0 Å². The molecule has 0 aliphatic heterocycles. The zero-order valence-electron chi connectivity index (χ0n) is 22.6. The predicted octanol–water partition coefficient (Wildman–Crippen LogP) is 7.64. The minimum Gasteiger partial charge on any atom is -0.462 e. The summed E-state index contributed by atoms with van der Waals surface area (Å²) >= 11 is 0. The Labute approximate surface area is 219 Å². The molecule has 36 heavy (non-hydrogen) atoms. The second-order valence-electron chi connectivity index (χ2n) is 11.9. The number of esters is 1. The van der Waals surface area contributed by atoms with Crippen LogP contribution in [-0.4, -0.2) is 20.1 Å². The SMILES string of the molecule is C[C@@H]1CC[C@@H](C(C)(C)c2ccccc2)[C@H](OC(=O)C[C@H](c2ccccc2)[Si](C)(C)c2ccccc2)C1. The van der Waals surface area contributed by atoms with Crippen molar-refractivity contribution < 1.29 is 9.53 Å². The first-order chi connectivity index (χ1) is 17.2. The number of rotatable bonds is 8. The molecule has 1 fully saturated rings. The molecule has 0 radical (unpaired) electrons. The molecule has 3 aromatic carbocycles. The van der Waals surface area contributed by atoms with E-state index in [1.807, 2.05) is 0 Å². The van der Waals surface area contributed by atoms with Crippen molar-refractivity contribution in [3.8, 4) is 0 Å². The smallest absolute Gasteiger partial charge is 0.306 e. The van der Waals surface area contributed by atoms with Crippen molar-refractivity contribution in [1.29, 1.82) is 0 Å². The summed E-state index contributed by atoms with van der Waals surface area (Å²) in [4.78, 5) is 13.7. The van der Waals surface area contributed by atoms with Gasteiger partial charge in [0.25, 0.3) is 0 Å². The Morgan fingerprint density at radius 2 is 1.44 bits per heavy atom. The summed E-state index contributed by atoms with van der Waals surface area (Å²) in [5.74, 6) is 0.841. The van der Waals surface area contributed by atoms with Crippen LogP contribution >= 0.6 is 0 Å². The summed E-state index contributed by atoms with van der Waals surface area (Å²) in [6.45, 7) is 11.7. The van der Waals surface area contributed by atoms with Crippen molar-refractivity contribution in [1.82, 2.24) is 0 Å². The Morgan fingerprint density at radius 3 is 2.06 bits per heavy atom. The Bertz CT molecular complexity index is 1110. The molecule has 2 nitrogen and oxygen atoms in total. The summed E-state index contributed by atoms with van der Waals surface area (Å²) in [5, 5.41) is 1.38. The van der Waals surface area contributed by atoms with Crippen LogP contribution in [0.5, 0.6) is 0 Å². The van der Waals surface area contributed by atoms with Gasteiger partial charge in [-0.15, -0.1) is 0 Å². The summed E-state index contributed by atoms with van der Waals surface area (Å²) in [5.41, 5.74) is 2.68. The average molecular weight is 499 g/mol. The summed E-state index contributed by atoms with van der Waals surface area (Å²) in [7, 11) is -2.00. The molecule has 0 bridgehead atoms. The van der Waals surface area contributed by atoms with Crippen LogP contribution in [-0.2, 0) is 14.9 Å². The van der Waals surface area contributed by atoms with Gasteiger partial charge in [0.15, 0.2) is 0 Å². The van der Waals surface area contributed by atoms with Gasteiger partial charge < -0.3 is 4.74 Å². The highest BCUT2D eigenvalue weighted by Crippen LogP contribution is 2.44. The molecular weight excluding hydrogens is 456 g/mol. The molecule has 0 amide bonds. The molecule has 0 N–H and O–H groups in total. The number of hydrogen-bond donors (Lipinski definition) is 0. The third kappa shape index (κ3) is 5.83. The first-order valence-corrected chi connectivity index (χ1v) is 16.6. The van der Waals surface area contributed by atoms with Crippen molar-refractivity contribution in [2.75, 3.05) is 0 Å². The van der Waals surface area contributed by atoms with Gasteiger partial charge in [-0.3, -0.25) is 4.79 Å². The molecule has 0 unspecified atom stereocenters. The Balaban J connectivity index is 1.58. The fourth-order valence-electron chi connectivity index (χ4n) is 6.29. The minimum absolute atomic E-state index is 0.0469. The minimum atomic E-state index is -2.00. The van der Waals surface area contributed by atoms with Crippen LogP contribution in [0.2, 0.25) is 13.1 Å². The van der Waals surface area contributed by atoms with Gasteiger partial charge in [-0.05, 0) is 40.8 Å². The summed E-state index contributed by atoms with van der Waals surface area (Å²) < 4.78 is 6.45. The van der Waals surface area contributed by atoms with Crippen LogP contribution in [0.3, 0.4) is 0 Å². The van der Waals surface area contributed by atoms with Crippen molar-refractivity contribution in [2.24, 2.45) is 11.8 Å². The van der Waals surface area contributed by atoms with Crippen LogP contribution < -0.4 is 5.19 Å². The molecular formula is C33H42O2Si. The van der Waals surface area contributed by atoms with E-state index >= 15 is 0 Å². The standard InChI is InChI=1S/C33H42O2Si/c1-25-21-22-29(33(2,3)27-17-11-7-12-18-27)30(23-25)35-32(34)24-31(26-15-9-6-10-16-26)36(4,5)28-19-13-8-14-20-28/h6-20,25,29-31H,21-24H2,1-5H3/t25-,29-,30-,31-/m1/s1. The van der Waals surface area contributed by atoms with E-state index in [1.165, 1.54) is 22.7 Å². The lowest BCUT2D eigenvalue weighted by Gasteiger charge is -2.44. The summed E-state index contributed by atoms with van der Waals surface area (Å²) in [6.07, 6.45) is 3.61. The van der Waals surface area contributed by atoms with E-state index in [-0.39, 0.29) is 23.0 Å². The maximum absolute atomic E-state index is 13.7. The van der Waals surface area contributed by atoms with E-state index in [9.17, 15) is 4.79 Å². The number of carbonyl (C=O) groups is 1. The van der Waals surface area contributed by atoms with Crippen LogP contribution in [0, 0.1) is 11.8 Å². The van der Waals surface area contributed by atoms with Gasteiger partial charge in [-0.25, -0.2) is 0 Å². The fourth-order valence-corrected chi connectivity index (χ4v) is 9.45. The zero-order valence-corrected chi connectivity index (χ0v) is 23.6. The van der Waals surface area contributed by atoms with Gasteiger partial charge in [0, 0.05) is 5.92 Å². The quantitative estimate of drug-likeness (QED) is 0.236. The molecule has 0 saturated heterocycles. The number of hydrogen-bond acceptors (Lipinski definition) is 2. The Morgan fingerprint density at radius 1 is 0.889 bits per heavy atom. The highest BCUT2D eigenvalue weighted by Gasteiger charge is 2.43. The van der Waals surface area contributed by atoms with Gasteiger partial charge >= 0.3 is 5.97 Å². The van der Waals surface area contributed by atoms with E-state index in [4.69, 9.17) is 4.74 Å². The number of ether oxygens (including phenoxy) is 1. The van der Waals surface area contributed by atoms with Gasteiger partial charge in [-0.1, -0.05) is 136 Å². The van der Waals surface area contributed by atoms with E-state index < -0.39 is 8.07 Å². The molecule has 1 saturated carbocycles. The van der Waals surface area contributed by atoms with Crippen LogP contribution in [0.15, 0.2) is 91.0 Å². The second-order valence-corrected chi connectivity index (χ2v) is 16.6. The van der Waals surface area contributed by atoms with E-state index in [1.54, 1.807) is 0 Å². The van der Waals surface area contributed by atoms with Crippen LogP contribution in [0.1, 0.15) is 63.1 Å². The first kappa shape index (κ1) is 26.4. The first-order valence-electron chi connectivity index (χ1n) is 13.5. The molecule has 0 aromatic heterocycles. The molecule has 1 aliphatic rings. The molecule has 0 heterocycles. The summed E-state index contributed by atoms with van der Waals surface area (Å²) in [6, 6.07) is 32.1. The lowest BCUT2D eigenvalue weighted by atomic mass is 9.64. The van der Waals surface area contributed by atoms with Crippen molar-refractivity contribution in [2.45, 2.75) is 76.6 Å². The third-order valence-corrected chi connectivity index (χ3v) is 12.8. The molecule has 0 spiro atoms. The largest absolute Gasteiger partial charge is 0.462 e. The van der Waals surface area contributed by atoms with Gasteiger partial charge in [0.1, 0.15) is 6.10 Å². The molecule has 1 aliphatic carbocycles. The lowest BCUT2D eigenvalue weighted by Crippen LogP contribution is -2.49. The second kappa shape index (κ2) is 11.2. The number of benzene rings is 3.